The van der Waals surface area contributed by atoms with Crippen LogP contribution in [0.5, 0.6) is 0 Å². The van der Waals surface area contributed by atoms with Gasteiger partial charge in [-0.2, -0.15) is 0 Å². The van der Waals surface area contributed by atoms with E-state index in [0.717, 1.165) is 19.4 Å². The van der Waals surface area contributed by atoms with Crippen molar-refractivity contribution < 1.29 is 9.59 Å². The Morgan fingerprint density at radius 1 is 1.22 bits per heavy atom. The Bertz CT molecular complexity index is 315. The summed E-state index contributed by atoms with van der Waals surface area (Å²) in [7, 11) is 0. The van der Waals surface area contributed by atoms with Crippen LogP contribution in [0, 0.1) is 5.92 Å². The number of carbonyl (C=O) groups is 2. The first-order valence-corrected chi connectivity index (χ1v) is 6.94. The molecule has 1 aliphatic carbocycles. The van der Waals surface area contributed by atoms with E-state index in [9.17, 15) is 9.59 Å². The fourth-order valence-corrected chi connectivity index (χ4v) is 2.34. The minimum atomic E-state index is -0.0736. The Morgan fingerprint density at radius 2 is 2.00 bits per heavy atom. The van der Waals surface area contributed by atoms with Crippen molar-refractivity contribution in [3.63, 3.8) is 0 Å². The van der Waals surface area contributed by atoms with Gasteiger partial charge in [0.25, 0.3) is 0 Å². The van der Waals surface area contributed by atoms with Gasteiger partial charge in [0.15, 0.2) is 0 Å². The first kappa shape index (κ1) is 13.3. The van der Waals surface area contributed by atoms with Gasteiger partial charge in [-0.25, -0.2) is 0 Å². The Morgan fingerprint density at radius 3 is 2.67 bits per heavy atom. The van der Waals surface area contributed by atoms with Crippen LogP contribution in [0.15, 0.2) is 0 Å². The molecule has 0 spiro atoms. The van der Waals surface area contributed by atoms with Gasteiger partial charge in [-0.3, -0.25) is 9.59 Å². The van der Waals surface area contributed by atoms with Crippen molar-refractivity contribution in [2.45, 2.75) is 51.1 Å². The molecule has 2 unspecified atom stereocenters. The van der Waals surface area contributed by atoms with E-state index in [4.69, 9.17) is 0 Å². The van der Waals surface area contributed by atoms with Gasteiger partial charge in [0.1, 0.15) is 0 Å². The highest BCUT2D eigenvalue weighted by Crippen LogP contribution is 2.18. The van der Waals surface area contributed by atoms with Crippen LogP contribution in [0.3, 0.4) is 0 Å². The molecule has 1 saturated carbocycles. The van der Waals surface area contributed by atoms with Gasteiger partial charge >= 0.3 is 0 Å². The molecule has 2 atom stereocenters. The van der Waals surface area contributed by atoms with Crippen LogP contribution in [0.2, 0.25) is 0 Å². The minimum absolute atomic E-state index is 0.0350. The highest BCUT2D eigenvalue weighted by atomic mass is 16.2. The average molecular weight is 253 g/mol. The second kappa shape index (κ2) is 6.18. The SMILES string of the molecule is CC1CCCNC1CC(=O)NCC(=O)NC1CC1. The Kier molecular flexibility index (Phi) is 4.58. The summed E-state index contributed by atoms with van der Waals surface area (Å²) in [6, 6.07) is 0.611. The average Bonchev–Trinajstić information content (AvgIpc) is 3.13. The third-order valence-electron chi connectivity index (χ3n) is 3.72. The largest absolute Gasteiger partial charge is 0.352 e. The second-order valence-electron chi connectivity index (χ2n) is 5.50. The number of nitrogens with one attached hydrogen (secondary N) is 3. The summed E-state index contributed by atoms with van der Waals surface area (Å²) in [5.74, 6) is 0.424. The molecule has 5 heteroatoms. The van der Waals surface area contributed by atoms with Crippen LogP contribution < -0.4 is 16.0 Å². The monoisotopic (exact) mass is 253 g/mol. The predicted molar refractivity (Wildman–Crippen MR) is 69.0 cm³/mol. The standard InChI is InChI=1S/C13H23N3O2/c1-9-3-2-6-14-11(9)7-12(17)15-8-13(18)16-10-4-5-10/h9-11,14H,2-8H2,1H3,(H,15,17)(H,16,18). The van der Waals surface area contributed by atoms with E-state index < -0.39 is 0 Å². The van der Waals surface area contributed by atoms with Crippen LogP contribution in [0.1, 0.15) is 39.0 Å². The number of piperidine rings is 1. The van der Waals surface area contributed by atoms with Crippen molar-refractivity contribution >= 4 is 11.8 Å². The molecule has 0 radical (unpaired) electrons. The summed E-state index contributed by atoms with van der Waals surface area (Å²) in [6.07, 6.45) is 4.97. The number of hydrogen-bond acceptors (Lipinski definition) is 3. The maximum absolute atomic E-state index is 11.7. The van der Waals surface area contributed by atoms with Crippen molar-refractivity contribution in [1.82, 2.24) is 16.0 Å². The summed E-state index contributed by atoms with van der Waals surface area (Å²) in [6.45, 7) is 3.27. The van der Waals surface area contributed by atoms with Gasteiger partial charge < -0.3 is 16.0 Å². The van der Waals surface area contributed by atoms with Crippen molar-refractivity contribution in [3.8, 4) is 0 Å². The van der Waals surface area contributed by atoms with E-state index in [-0.39, 0.29) is 24.4 Å². The Labute approximate surface area is 108 Å². The molecule has 0 aromatic heterocycles. The molecule has 2 aliphatic rings. The molecule has 1 saturated heterocycles. The zero-order chi connectivity index (χ0) is 13.0. The van der Waals surface area contributed by atoms with Gasteiger partial charge in [0.05, 0.1) is 6.54 Å². The highest BCUT2D eigenvalue weighted by molar-refractivity contribution is 5.85. The summed E-state index contributed by atoms with van der Waals surface area (Å²) in [4.78, 5) is 23.1. The Hall–Kier alpha value is -1.10. The summed E-state index contributed by atoms with van der Waals surface area (Å²) < 4.78 is 0. The predicted octanol–water partition coefficient (Wildman–Crippen LogP) is 0.159. The normalized spacial score (nSPS) is 27.6. The number of rotatable bonds is 5. The molecule has 18 heavy (non-hydrogen) atoms. The van der Waals surface area contributed by atoms with Gasteiger partial charge in [-0.05, 0) is 38.1 Å². The molecule has 102 valence electrons. The topological polar surface area (TPSA) is 70.2 Å². The third-order valence-corrected chi connectivity index (χ3v) is 3.72. The molecule has 0 aromatic carbocycles. The van der Waals surface area contributed by atoms with E-state index in [1.807, 2.05) is 0 Å². The van der Waals surface area contributed by atoms with Gasteiger partial charge in [-0.15, -0.1) is 0 Å². The first-order chi connectivity index (χ1) is 8.65. The van der Waals surface area contributed by atoms with Gasteiger partial charge in [-0.1, -0.05) is 6.92 Å². The second-order valence-corrected chi connectivity index (χ2v) is 5.50. The van der Waals surface area contributed by atoms with Crippen LogP contribution in [0.25, 0.3) is 0 Å². The van der Waals surface area contributed by atoms with Gasteiger partial charge in [0, 0.05) is 18.5 Å². The molecule has 1 aliphatic heterocycles. The molecular formula is C13H23N3O2. The first-order valence-electron chi connectivity index (χ1n) is 6.94. The van der Waals surface area contributed by atoms with E-state index in [0.29, 0.717) is 18.4 Å². The molecule has 0 bridgehead atoms. The van der Waals surface area contributed by atoms with E-state index in [1.165, 1.54) is 12.8 Å². The number of carbonyl (C=O) groups excluding carboxylic acids is 2. The molecule has 1 heterocycles. The van der Waals surface area contributed by atoms with Crippen LogP contribution in [-0.4, -0.2) is 37.0 Å². The smallest absolute Gasteiger partial charge is 0.239 e. The summed E-state index contributed by atoms with van der Waals surface area (Å²) in [5, 5.41) is 8.91. The maximum atomic E-state index is 11.7. The lowest BCUT2D eigenvalue weighted by Gasteiger charge is -2.29. The summed E-state index contributed by atoms with van der Waals surface area (Å²) >= 11 is 0. The van der Waals surface area contributed by atoms with E-state index in [1.54, 1.807) is 0 Å². The number of amides is 2. The van der Waals surface area contributed by atoms with Crippen LogP contribution >= 0.6 is 0 Å². The molecule has 2 amide bonds. The molecule has 5 nitrogen and oxygen atoms in total. The fourth-order valence-electron chi connectivity index (χ4n) is 2.34. The lowest BCUT2D eigenvalue weighted by molar-refractivity contribution is -0.126. The van der Waals surface area contributed by atoms with Gasteiger partial charge in [0.2, 0.25) is 11.8 Å². The third kappa shape index (κ3) is 4.29. The minimum Gasteiger partial charge on any atom is -0.352 e. The molecule has 0 aromatic rings. The molecule has 2 fully saturated rings. The van der Waals surface area contributed by atoms with E-state index >= 15 is 0 Å². The van der Waals surface area contributed by atoms with Crippen molar-refractivity contribution in [3.05, 3.63) is 0 Å². The van der Waals surface area contributed by atoms with Crippen LogP contribution in [-0.2, 0) is 9.59 Å². The zero-order valence-corrected chi connectivity index (χ0v) is 11.0. The quantitative estimate of drug-likeness (QED) is 0.653. The fraction of sp³-hybridized carbons (Fsp3) is 0.846. The highest BCUT2D eigenvalue weighted by Gasteiger charge is 2.25. The zero-order valence-electron chi connectivity index (χ0n) is 11.0. The van der Waals surface area contributed by atoms with Crippen molar-refractivity contribution in [1.29, 1.82) is 0 Å². The molecule has 2 rings (SSSR count). The van der Waals surface area contributed by atoms with Crippen molar-refractivity contribution in [2.75, 3.05) is 13.1 Å². The van der Waals surface area contributed by atoms with Crippen LogP contribution in [0.4, 0.5) is 0 Å². The lowest BCUT2D eigenvalue weighted by atomic mass is 9.90. The number of hydrogen-bond donors (Lipinski definition) is 3. The maximum Gasteiger partial charge on any atom is 0.239 e. The lowest BCUT2D eigenvalue weighted by Crippen LogP contribution is -2.45. The van der Waals surface area contributed by atoms with E-state index in [2.05, 4.69) is 22.9 Å². The molecular weight excluding hydrogens is 230 g/mol. The van der Waals surface area contributed by atoms with Crippen molar-refractivity contribution in [2.24, 2.45) is 5.92 Å². The molecule has 3 N–H and O–H groups in total. The summed E-state index contributed by atoms with van der Waals surface area (Å²) in [5.41, 5.74) is 0. The Balaban J connectivity index is 1.62.